The molecule has 27 heavy (non-hydrogen) atoms. The van der Waals surface area contributed by atoms with Gasteiger partial charge in [-0.3, -0.25) is 9.69 Å². The van der Waals surface area contributed by atoms with Gasteiger partial charge in [0.15, 0.2) is 0 Å². The van der Waals surface area contributed by atoms with E-state index in [2.05, 4.69) is 10.2 Å². The Labute approximate surface area is 160 Å². The summed E-state index contributed by atoms with van der Waals surface area (Å²) in [6, 6.07) is 15.6. The molecule has 3 rings (SSSR count). The van der Waals surface area contributed by atoms with Crippen molar-refractivity contribution < 1.29 is 13.9 Å². The van der Waals surface area contributed by atoms with Gasteiger partial charge in [0.2, 0.25) is 5.13 Å². The van der Waals surface area contributed by atoms with Gasteiger partial charge in [-0.15, -0.1) is 10.2 Å². The Hall–Kier alpha value is -2.90. The molecule has 0 unspecified atom stereocenters. The fourth-order valence-corrected chi connectivity index (χ4v) is 3.22. The minimum atomic E-state index is -0.313. The van der Waals surface area contributed by atoms with Gasteiger partial charge in [0.25, 0.3) is 5.91 Å². The van der Waals surface area contributed by atoms with Crippen molar-refractivity contribution in [1.82, 2.24) is 10.2 Å². The Bertz CT molecular complexity index is 910. The number of aromatic nitrogens is 2. The molecular formula is C20H18FN3O2S. The fraction of sp³-hybridized carbons (Fsp3) is 0.150. The van der Waals surface area contributed by atoms with Gasteiger partial charge in [0.1, 0.15) is 10.8 Å². The molecule has 3 aromatic rings. The molecule has 0 fully saturated rings. The number of ether oxygens (including phenoxy) is 1. The second kappa shape index (κ2) is 9.16. The minimum Gasteiger partial charge on any atom is -0.383 e. The molecule has 0 aliphatic carbocycles. The Morgan fingerprint density at radius 1 is 1.15 bits per heavy atom. The Kier molecular flexibility index (Phi) is 6.40. The summed E-state index contributed by atoms with van der Waals surface area (Å²) in [5.74, 6) is -0.524. The quantitative estimate of drug-likeness (QED) is 0.578. The number of methoxy groups -OCH3 is 1. The van der Waals surface area contributed by atoms with Gasteiger partial charge in [-0.05, 0) is 35.9 Å². The van der Waals surface area contributed by atoms with E-state index in [0.29, 0.717) is 23.3 Å². The molecule has 7 heteroatoms. The zero-order valence-electron chi connectivity index (χ0n) is 14.7. The monoisotopic (exact) mass is 383 g/mol. The van der Waals surface area contributed by atoms with E-state index >= 15 is 0 Å². The molecule has 1 amide bonds. The third kappa shape index (κ3) is 5.06. The summed E-state index contributed by atoms with van der Waals surface area (Å²) < 4.78 is 18.2. The van der Waals surface area contributed by atoms with E-state index in [-0.39, 0.29) is 11.7 Å². The zero-order valence-corrected chi connectivity index (χ0v) is 15.5. The molecular weight excluding hydrogens is 365 g/mol. The van der Waals surface area contributed by atoms with Crippen LogP contribution >= 0.6 is 11.3 Å². The van der Waals surface area contributed by atoms with Crippen LogP contribution in [-0.2, 0) is 9.53 Å². The smallest absolute Gasteiger partial charge is 0.252 e. The minimum absolute atomic E-state index is 0.210. The van der Waals surface area contributed by atoms with E-state index in [1.807, 2.05) is 30.3 Å². The Balaban J connectivity index is 1.81. The number of hydrogen-bond donors (Lipinski definition) is 0. The van der Waals surface area contributed by atoms with Gasteiger partial charge in [0.05, 0.1) is 13.2 Å². The molecule has 0 saturated heterocycles. The van der Waals surface area contributed by atoms with Crippen LogP contribution in [0.2, 0.25) is 0 Å². The summed E-state index contributed by atoms with van der Waals surface area (Å²) in [5, 5.41) is 9.35. The number of benzene rings is 2. The average Bonchev–Trinajstić information content (AvgIpc) is 3.18. The summed E-state index contributed by atoms with van der Waals surface area (Å²) in [6.07, 6.45) is 3.26. The molecule has 2 aromatic carbocycles. The highest BCUT2D eigenvalue weighted by Gasteiger charge is 2.18. The van der Waals surface area contributed by atoms with Gasteiger partial charge in [-0.1, -0.05) is 41.7 Å². The first kappa shape index (κ1) is 18.9. The van der Waals surface area contributed by atoms with Crippen LogP contribution < -0.4 is 4.90 Å². The third-order valence-corrected chi connectivity index (χ3v) is 4.73. The molecule has 0 atom stereocenters. The molecule has 0 bridgehead atoms. The van der Waals surface area contributed by atoms with Gasteiger partial charge in [-0.2, -0.15) is 0 Å². The van der Waals surface area contributed by atoms with E-state index in [9.17, 15) is 9.18 Å². The van der Waals surface area contributed by atoms with Gasteiger partial charge >= 0.3 is 0 Å². The van der Waals surface area contributed by atoms with Crippen molar-refractivity contribution in [3.63, 3.8) is 0 Å². The maximum atomic E-state index is 13.1. The second-order valence-corrected chi connectivity index (χ2v) is 6.58. The van der Waals surface area contributed by atoms with Crippen LogP contribution in [0.15, 0.2) is 60.7 Å². The second-order valence-electron chi connectivity index (χ2n) is 5.62. The van der Waals surface area contributed by atoms with Crippen molar-refractivity contribution in [2.24, 2.45) is 0 Å². The first-order valence-corrected chi connectivity index (χ1v) is 9.12. The lowest BCUT2D eigenvalue weighted by atomic mass is 10.2. The lowest BCUT2D eigenvalue weighted by Crippen LogP contribution is -2.32. The predicted octanol–water partition coefficient (Wildman–Crippen LogP) is 4.04. The maximum Gasteiger partial charge on any atom is 0.252 e. The van der Waals surface area contributed by atoms with E-state index in [1.165, 1.54) is 34.4 Å². The normalized spacial score (nSPS) is 11.0. The van der Waals surface area contributed by atoms with Crippen LogP contribution in [0.4, 0.5) is 9.52 Å². The summed E-state index contributed by atoms with van der Waals surface area (Å²) in [6.45, 7) is 0.725. The molecule has 1 heterocycles. The van der Waals surface area contributed by atoms with Crippen molar-refractivity contribution in [3.8, 4) is 10.6 Å². The van der Waals surface area contributed by atoms with Crippen LogP contribution in [0.5, 0.6) is 0 Å². The molecule has 1 aromatic heterocycles. The topological polar surface area (TPSA) is 55.3 Å². The summed E-state index contributed by atoms with van der Waals surface area (Å²) in [7, 11) is 1.58. The number of anilines is 1. The van der Waals surface area contributed by atoms with Gasteiger partial charge in [0, 0.05) is 18.7 Å². The van der Waals surface area contributed by atoms with E-state index in [0.717, 1.165) is 11.1 Å². The van der Waals surface area contributed by atoms with Crippen molar-refractivity contribution in [1.29, 1.82) is 0 Å². The van der Waals surface area contributed by atoms with Crippen molar-refractivity contribution >= 4 is 28.5 Å². The lowest BCUT2D eigenvalue weighted by molar-refractivity contribution is -0.114. The number of amides is 1. The SMILES string of the molecule is COCCN(C(=O)C=Cc1ccccc1)c1nnc(-c2ccc(F)cc2)s1. The third-order valence-electron chi connectivity index (χ3n) is 3.74. The zero-order chi connectivity index (χ0) is 19.1. The Morgan fingerprint density at radius 3 is 2.59 bits per heavy atom. The highest BCUT2D eigenvalue weighted by atomic mass is 32.1. The first-order valence-electron chi connectivity index (χ1n) is 8.30. The molecule has 0 spiro atoms. The fourth-order valence-electron chi connectivity index (χ4n) is 2.34. The van der Waals surface area contributed by atoms with E-state index < -0.39 is 0 Å². The molecule has 0 radical (unpaired) electrons. The molecule has 5 nitrogen and oxygen atoms in total. The summed E-state index contributed by atoms with van der Waals surface area (Å²) in [4.78, 5) is 14.2. The number of carbonyl (C=O) groups excluding carboxylic acids is 1. The van der Waals surface area contributed by atoms with E-state index in [4.69, 9.17) is 4.74 Å². The summed E-state index contributed by atoms with van der Waals surface area (Å²) >= 11 is 1.27. The van der Waals surface area contributed by atoms with Gasteiger partial charge in [-0.25, -0.2) is 4.39 Å². The van der Waals surface area contributed by atoms with Crippen LogP contribution in [0.3, 0.4) is 0 Å². The first-order chi connectivity index (χ1) is 13.2. The highest BCUT2D eigenvalue weighted by Crippen LogP contribution is 2.29. The summed E-state index contributed by atoms with van der Waals surface area (Å²) in [5.41, 5.74) is 1.68. The maximum absolute atomic E-state index is 13.1. The lowest BCUT2D eigenvalue weighted by Gasteiger charge is -2.16. The van der Waals surface area contributed by atoms with Crippen LogP contribution in [0, 0.1) is 5.82 Å². The van der Waals surface area contributed by atoms with Crippen molar-refractivity contribution in [3.05, 3.63) is 72.1 Å². The molecule has 0 aliphatic heterocycles. The number of hydrogen-bond acceptors (Lipinski definition) is 5. The highest BCUT2D eigenvalue weighted by molar-refractivity contribution is 7.18. The predicted molar refractivity (Wildman–Crippen MR) is 105 cm³/mol. The number of nitrogens with zero attached hydrogens (tertiary/aromatic N) is 3. The number of rotatable bonds is 7. The van der Waals surface area contributed by atoms with E-state index in [1.54, 1.807) is 25.3 Å². The van der Waals surface area contributed by atoms with Crippen LogP contribution in [0.1, 0.15) is 5.56 Å². The molecule has 0 aliphatic rings. The van der Waals surface area contributed by atoms with Crippen molar-refractivity contribution in [2.45, 2.75) is 0 Å². The number of halogens is 1. The largest absolute Gasteiger partial charge is 0.383 e. The van der Waals surface area contributed by atoms with Crippen molar-refractivity contribution in [2.75, 3.05) is 25.2 Å². The standard InChI is InChI=1S/C20H18FN3O2S/c1-26-14-13-24(18(25)12-7-15-5-3-2-4-6-15)20-23-22-19(27-20)16-8-10-17(21)11-9-16/h2-12H,13-14H2,1H3. The number of carbonyl (C=O) groups is 1. The molecule has 0 saturated carbocycles. The molecule has 138 valence electrons. The molecule has 0 N–H and O–H groups in total. The van der Waals surface area contributed by atoms with Gasteiger partial charge < -0.3 is 4.74 Å². The average molecular weight is 383 g/mol. The Morgan fingerprint density at radius 2 is 1.89 bits per heavy atom. The van der Waals surface area contributed by atoms with Crippen LogP contribution in [0.25, 0.3) is 16.6 Å². The van der Waals surface area contributed by atoms with Crippen LogP contribution in [-0.4, -0.2) is 36.4 Å².